The molecular formula is C27H35N5O2S. The molecule has 4 aromatic rings. The molecule has 0 saturated carbocycles. The van der Waals surface area contributed by atoms with Crippen molar-refractivity contribution in [2.75, 3.05) is 31.6 Å². The molecule has 35 heavy (non-hydrogen) atoms. The molecule has 0 spiro atoms. The molecule has 8 heteroatoms. The number of hydrogen-bond acceptors (Lipinski definition) is 5. The largest absolute Gasteiger partial charge is 0.354 e. The highest BCUT2D eigenvalue weighted by atomic mass is 32.2. The lowest BCUT2D eigenvalue weighted by atomic mass is 9.87. The fraction of sp³-hybridized carbons (Fsp3) is 0.481. The summed E-state index contributed by atoms with van der Waals surface area (Å²) < 4.78 is 25.1. The van der Waals surface area contributed by atoms with Crippen LogP contribution in [0.3, 0.4) is 0 Å². The Morgan fingerprint density at radius 1 is 1.14 bits per heavy atom. The van der Waals surface area contributed by atoms with Crippen LogP contribution in [-0.2, 0) is 9.84 Å². The maximum Gasteiger partial charge on any atom is 0.163 e. The Morgan fingerprint density at radius 3 is 2.57 bits per heavy atom. The highest BCUT2D eigenvalue weighted by Crippen LogP contribution is 2.39. The molecule has 0 atom stereocenters. The average molecular weight is 494 g/mol. The van der Waals surface area contributed by atoms with E-state index < -0.39 is 9.84 Å². The van der Waals surface area contributed by atoms with Crippen LogP contribution in [0.15, 0.2) is 30.7 Å². The number of benzene rings is 1. The van der Waals surface area contributed by atoms with Crippen molar-refractivity contribution in [1.82, 2.24) is 24.5 Å². The average Bonchev–Trinajstić information content (AvgIpc) is 3.44. The first-order chi connectivity index (χ1) is 16.6. The Balaban J connectivity index is 1.48. The van der Waals surface area contributed by atoms with Gasteiger partial charge < -0.3 is 9.88 Å². The van der Waals surface area contributed by atoms with Gasteiger partial charge in [-0.3, -0.25) is 4.40 Å². The van der Waals surface area contributed by atoms with Crippen molar-refractivity contribution in [3.8, 4) is 11.3 Å². The minimum absolute atomic E-state index is 0.243. The van der Waals surface area contributed by atoms with Gasteiger partial charge >= 0.3 is 0 Å². The molecule has 1 saturated heterocycles. The molecule has 0 amide bonds. The first-order valence-electron chi connectivity index (χ1n) is 12.5. The molecule has 3 aromatic heterocycles. The summed E-state index contributed by atoms with van der Waals surface area (Å²) in [6.07, 6.45) is 7.35. The smallest absolute Gasteiger partial charge is 0.163 e. The third-order valence-corrected chi connectivity index (χ3v) is 8.61. The predicted octanol–water partition coefficient (Wildman–Crippen LogP) is 4.84. The fourth-order valence-electron chi connectivity index (χ4n) is 5.54. The number of hydrogen-bond donors (Lipinski definition) is 1. The van der Waals surface area contributed by atoms with E-state index in [1.165, 1.54) is 45.1 Å². The van der Waals surface area contributed by atoms with Gasteiger partial charge in [-0.05, 0) is 86.0 Å². The van der Waals surface area contributed by atoms with Crippen molar-refractivity contribution in [2.45, 2.75) is 52.4 Å². The summed E-state index contributed by atoms with van der Waals surface area (Å²) in [7, 11) is -2.92. The van der Waals surface area contributed by atoms with Gasteiger partial charge in [-0.25, -0.2) is 8.42 Å². The number of likely N-dealkylation sites (tertiary alicyclic amines) is 1. The Morgan fingerprint density at radius 2 is 1.89 bits per heavy atom. The van der Waals surface area contributed by atoms with Gasteiger partial charge in [0.15, 0.2) is 5.65 Å². The number of pyridine rings is 1. The van der Waals surface area contributed by atoms with E-state index in [-0.39, 0.29) is 5.75 Å². The maximum absolute atomic E-state index is 11.5. The van der Waals surface area contributed by atoms with Gasteiger partial charge in [-0.2, -0.15) is 0 Å². The van der Waals surface area contributed by atoms with E-state index in [0.29, 0.717) is 18.4 Å². The molecule has 5 rings (SSSR count). The summed E-state index contributed by atoms with van der Waals surface area (Å²) in [6.45, 7) is 11.3. The van der Waals surface area contributed by atoms with Gasteiger partial charge in [0, 0.05) is 35.5 Å². The van der Waals surface area contributed by atoms with Crippen molar-refractivity contribution in [1.29, 1.82) is 0 Å². The van der Waals surface area contributed by atoms with Gasteiger partial charge in [0.25, 0.3) is 0 Å². The van der Waals surface area contributed by atoms with E-state index in [0.717, 1.165) is 37.1 Å². The second-order valence-corrected chi connectivity index (χ2v) is 12.7. The van der Waals surface area contributed by atoms with Crippen LogP contribution >= 0.6 is 0 Å². The third-order valence-electron chi connectivity index (χ3n) is 7.69. The number of aromatic amines is 1. The first-order valence-corrected chi connectivity index (χ1v) is 14.5. The minimum atomic E-state index is -2.92. The third kappa shape index (κ3) is 4.61. The van der Waals surface area contributed by atoms with Crippen LogP contribution in [0.25, 0.3) is 27.8 Å². The first kappa shape index (κ1) is 24.0. The summed E-state index contributed by atoms with van der Waals surface area (Å²) in [5, 5.41) is 9.67. The number of aromatic nitrogens is 4. The molecule has 1 aliphatic rings. The number of nitrogens with zero attached hydrogens (tertiary/aromatic N) is 4. The Hall–Kier alpha value is -2.71. The molecule has 1 N–H and O–H groups in total. The van der Waals surface area contributed by atoms with Crippen LogP contribution in [0, 0.1) is 13.8 Å². The second-order valence-electron chi connectivity index (χ2n) is 10.5. The number of H-pyrrole nitrogens is 1. The van der Waals surface area contributed by atoms with Gasteiger partial charge in [-0.15, -0.1) is 10.2 Å². The zero-order valence-electron chi connectivity index (χ0n) is 21.3. The summed E-state index contributed by atoms with van der Waals surface area (Å²) in [4.78, 5) is 6.02. The fourth-order valence-corrected chi connectivity index (χ4v) is 6.13. The van der Waals surface area contributed by atoms with E-state index in [1.807, 2.05) is 4.40 Å². The van der Waals surface area contributed by atoms with E-state index in [1.54, 1.807) is 6.33 Å². The number of sulfone groups is 1. The Bertz CT molecular complexity index is 1490. The molecule has 7 nitrogen and oxygen atoms in total. The van der Waals surface area contributed by atoms with Crippen molar-refractivity contribution >= 4 is 26.4 Å². The van der Waals surface area contributed by atoms with Crippen molar-refractivity contribution in [3.63, 3.8) is 0 Å². The van der Waals surface area contributed by atoms with Crippen LogP contribution in [0.2, 0.25) is 0 Å². The topological polar surface area (TPSA) is 83.4 Å². The van der Waals surface area contributed by atoms with Crippen LogP contribution in [-0.4, -0.2) is 64.5 Å². The number of piperidine rings is 1. The number of rotatable bonds is 6. The van der Waals surface area contributed by atoms with E-state index in [2.05, 4.69) is 72.2 Å². The summed E-state index contributed by atoms with van der Waals surface area (Å²) in [5.41, 5.74) is 9.54. The standard InChI is InChI=1S/C27H35N5O2S/c1-17(2)25-22-14-21(20-8-10-31(11-9-20)12-13-35(5,33)34)6-7-24(22)29-26(25)23-15-32-16-28-30-27(32)19(4)18(23)3/h6-7,14-17,20,29H,8-13H2,1-5H3. The molecule has 0 radical (unpaired) electrons. The lowest BCUT2D eigenvalue weighted by molar-refractivity contribution is 0.223. The monoisotopic (exact) mass is 493 g/mol. The zero-order chi connectivity index (χ0) is 24.9. The minimum Gasteiger partial charge on any atom is -0.354 e. The van der Waals surface area contributed by atoms with Gasteiger partial charge in [0.2, 0.25) is 0 Å². The Kier molecular flexibility index (Phi) is 6.21. The van der Waals surface area contributed by atoms with Gasteiger partial charge in [0.1, 0.15) is 16.2 Å². The molecule has 1 aromatic carbocycles. The van der Waals surface area contributed by atoms with Crippen molar-refractivity contribution in [2.24, 2.45) is 0 Å². The van der Waals surface area contributed by atoms with Crippen LogP contribution in [0.5, 0.6) is 0 Å². The lowest BCUT2D eigenvalue weighted by Gasteiger charge is -2.32. The molecule has 4 heterocycles. The molecule has 1 aliphatic heterocycles. The van der Waals surface area contributed by atoms with Crippen LogP contribution in [0.4, 0.5) is 0 Å². The molecule has 0 aliphatic carbocycles. The highest BCUT2D eigenvalue weighted by Gasteiger charge is 2.24. The molecule has 0 bridgehead atoms. The van der Waals surface area contributed by atoms with Gasteiger partial charge in [-0.1, -0.05) is 19.9 Å². The van der Waals surface area contributed by atoms with Crippen LogP contribution in [0.1, 0.15) is 60.8 Å². The van der Waals surface area contributed by atoms with E-state index in [9.17, 15) is 8.42 Å². The molecule has 186 valence electrons. The zero-order valence-corrected chi connectivity index (χ0v) is 22.1. The molecule has 1 fully saturated rings. The van der Waals surface area contributed by atoms with Crippen LogP contribution < -0.4 is 0 Å². The quantitative estimate of drug-likeness (QED) is 0.415. The Labute approximate surface area is 207 Å². The number of aryl methyl sites for hydroxylation is 1. The maximum atomic E-state index is 11.5. The normalized spacial score (nSPS) is 16.2. The SMILES string of the molecule is Cc1c(-c2[nH]c3ccc(C4CCN(CCS(C)(=O)=O)CC4)cc3c2C(C)C)cn2cnnc2c1C. The molecule has 0 unspecified atom stereocenters. The van der Waals surface area contributed by atoms with Crippen molar-refractivity contribution < 1.29 is 8.42 Å². The van der Waals surface area contributed by atoms with E-state index >= 15 is 0 Å². The number of fused-ring (bicyclic) bond motifs is 2. The second kappa shape index (κ2) is 9.06. The number of nitrogens with one attached hydrogen (secondary N) is 1. The summed E-state index contributed by atoms with van der Waals surface area (Å²) >= 11 is 0. The van der Waals surface area contributed by atoms with Crippen molar-refractivity contribution in [3.05, 3.63) is 53.0 Å². The summed E-state index contributed by atoms with van der Waals surface area (Å²) in [5.74, 6) is 1.11. The lowest BCUT2D eigenvalue weighted by Crippen LogP contribution is -2.36. The van der Waals surface area contributed by atoms with E-state index in [4.69, 9.17) is 0 Å². The highest BCUT2D eigenvalue weighted by molar-refractivity contribution is 7.90. The molecular weight excluding hydrogens is 458 g/mol. The predicted molar refractivity (Wildman–Crippen MR) is 142 cm³/mol. The summed E-state index contributed by atoms with van der Waals surface area (Å²) in [6, 6.07) is 6.89. The van der Waals surface area contributed by atoms with Gasteiger partial charge in [0.05, 0.1) is 11.4 Å².